The van der Waals surface area contributed by atoms with Crippen molar-refractivity contribution in [3.05, 3.63) is 53.6 Å². The van der Waals surface area contributed by atoms with Gasteiger partial charge in [-0.1, -0.05) is 0 Å². The molecule has 0 unspecified atom stereocenters. The Bertz CT molecular complexity index is 1120. The summed E-state index contributed by atoms with van der Waals surface area (Å²) in [5, 5.41) is -0.535. The fraction of sp³-hybridized carbons (Fsp3) is 0.350. The maximum absolute atomic E-state index is 13.0. The summed E-state index contributed by atoms with van der Waals surface area (Å²) in [5.74, 6) is -0.235. The number of hydrogen-bond donors (Lipinski definition) is 0. The number of benzene rings is 2. The smallest absolute Gasteiger partial charge is 0.258 e. The van der Waals surface area contributed by atoms with Gasteiger partial charge < -0.3 is 4.90 Å². The first kappa shape index (κ1) is 20.5. The van der Waals surface area contributed by atoms with E-state index in [-0.39, 0.29) is 15.7 Å². The van der Waals surface area contributed by atoms with Crippen molar-refractivity contribution < 1.29 is 21.6 Å². The normalized spacial score (nSPS) is 14.8. The second-order valence-corrected chi connectivity index (χ2v) is 11.8. The van der Waals surface area contributed by atoms with Gasteiger partial charge in [-0.15, -0.1) is 0 Å². The molecule has 6 nitrogen and oxygen atoms in total. The molecule has 0 aromatic heterocycles. The van der Waals surface area contributed by atoms with E-state index in [2.05, 4.69) is 0 Å². The Labute approximate surface area is 166 Å². The molecule has 3 rings (SSSR count). The molecule has 2 aromatic carbocycles. The van der Waals surface area contributed by atoms with Gasteiger partial charge in [0.15, 0.2) is 19.7 Å². The first-order chi connectivity index (χ1) is 13.0. The van der Waals surface area contributed by atoms with Gasteiger partial charge in [-0.25, -0.2) is 16.8 Å². The lowest BCUT2D eigenvalue weighted by molar-refractivity contribution is 0.0985. The molecule has 2 aromatic rings. The van der Waals surface area contributed by atoms with Crippen LogP contribution in [-0.2, 0) is 26.1 Å². The molecular weight excluding hydrogens is 398 g/mol. The van der Waals surface area contributed by atoms with Gasteiger partial charge in [-0.3, -0.25) is 4.79 Å². The monoisotopic (exact) mass is 421 g/mol. The molecule has 1 heterocycles. The maximum atomic E-state index is 13.0. The van der Waals surface area contributed by atoms with Crippen LogP contribution in [-0.4, -0.2) is 40.8 Å². The van der Waals surface area contributed by atoms with Crippen LogP contribution in [0.1, 0.15) is 36.2 Å². The zero-order chi connectivity index (χ0) is 20.7. The quantitative estimate of drug-likeness (QED) is 0.757. The van der Waals surface area contributed by atoms with Gasteiger partial charge in [-0.05, 0) is 74.7 Å². The van der Waals surface area contributed by atoms with E-state index in [1.807, 2.05) is 0 Å². The Morgan fingerprint density at radius 2 is 1.57 bits per heavy atom. The molecule has 28 heavy (non-hydrogen) atoms. The summed E-state index contributed by atoms with van der Waals surface area (Å²) < 4.78 is 48.1. The van der Waals surface area contributed by atoms with Gasteiger partial charge in [0.1, 0.15) is 0 Å². The largest absolute Gasteiger partial charge is 0.308 e. The van der Waals surface area contributed by atoms with Gasteiger partial charge in [0.05, 0.1) is 15.0 Å². The van der Waals surface area contributed by atoms with Crippen LogP contribution in [0.5, 0.6) is 0 Å². The highest BCUT2D eigenvalue weighted by molar-refractivity contribution is 7.92. The highest BCUT2D eigenvalue weighted by Crippen LogP contribution is 2.31. The minimum absolute atomic E-state index is 0.191. The number of nitrogens with zero attached hydrogens (tertiary/aromatic N) is 1. The number of carbonyl (C=O) groups is 1. The Morgan fingerprint density at radius 3 is 2.14 bits per heavy atom. The minimum atomic E-state index is -3.39. The van der Waals surface area contributed by atoms with Crippen molar-refractivity contribution in [3.8, 4) is 0 Å². The second-order valence-electron chi connectivity index (χ2n) is 7.24. The minimum Gasteiger partial charge on any atom is -0.308 e. The summed E-state index contributed by atoms with van der Waals surface area (Å²) in [4.78, 5) is 15.0. The third kappa shape index (κ3) is 3.84. The maximum Gasteiger partial charge on any atom is 0.258 e. The van der Waals surface area contributed by atoms with Crippen molar-refractivity contribution in [3.63, 3.8) is 0 Å². The number of amides is 1. The number of aryl methyl sites for hydroxylation is 1. The van der Waals surface area contributed by atoms with Gasteiger partial charge in [-0.2, -0.15) is 0 Å². The summed E-state index contributed by atoms with van der Waals surface area (Å²) in [6.45, 7) is 3.75. The van der Waals surface area contributed by atoms with Gasteiger partial charge >= 0.3 is 0 Å². The molecular formula is C20H23NO5S2. The average molecular weight is 422 g/mol. The van der Waals surface area contributed by atoms with Crippen LogP contribution in [0.25, 0.3) is 0 Å². The zero-order valence-corrected chi connectivity index (χ0v) is 17.7. The van der Waals surface area contributed by atoms with E-state index >= 15 is 0 Å². The molecule has 1 amide bonds. The number of hydrogen-bond acceptors (Lipinski definition) is 5. The fourth-order valence-corrected chi connectivity index (χ4v) is 4.96. The Balaban J connectivity index is 1.93. The first-order valence-corrected chi connectivity index (χ1v) is 12.4. The van der Waals surface area contributed by atoms with E-state index in [4.69, 9.17) is 0 Å². The van der Waals surface area contributed by atoms with E-state index in [0.717, 1.165) is 18.2 Å². The number of anilines is 1. The van der Waals surface area contributed by atoms with E-state index < -0.39 is 24.9 Å². The molecule has 1 aliphatic heterocycles. The van der Waals surface area contributed by atoms with E-state index in [1.165, 1.54) is 30.3 Å². The van der Waals surface area contributed by atoms with Crippen LogP contribution in [0.3, 0.4) is 0 Å². The molecule has 150 valence electrons. The summed E-state index contributed by atoms with van der Waals surface area (Å²) in [6, 6.07) is 10.8. The third-order valence-electron chi connectivity index (χ3n) is 4.89. The van der Waals surface area contributed by atoms with Crippen molar-refractivity contribution in [2.75, 3.05) is 17.7 Å². The van der Waals surface area contributed by atoms with Crippen molar-refractivity contribution in [1.82, 2.24) is 0 Å². The standard InChI is InChI=1S/C20H23NO5S2/c1-14(2)28(25,26)17-8-6-15(7-9-17)20(22)21-12-4-5-16-13-18(27(3,23)24)10-11-19(16)21/h6-11,13-14H,4-5,12H2,1-3H3. The Hall–Kier alpha value is -2.19. The van der Waals surface area contributed by atoms with Crippen LogP contribution in [0.15, 0.2) is 52.3 Å². The molecule has 0 radical (unpaired) electrons. The fourth-order valence-electron chi connectivity index (χ4n) is 3.23. The predicted octanol–water partition coefficient (Wildman–Crippen LogP) is 2.87. The molecule has 0 saturated carbocycles. The molecule has 0 spiro atoms. The van der Waals surface area contributed by atoms with E-state index in [9.17, 15) is 21.6 Å². The second kappa shape index (κ2) is 7.33. The SMILES string of the molecule is CC(C)S(=O)(=O)c1ccc(C(=O)N2CCCc3cc(S(C)(=O)=O)ccc32)cc1. The zero-order valence-electron chi connectivity index (χ0n) is 16.0. The first-order valence-electron chi connectivity index (χ1n) is 9.00. The summed E-state index contributed by atoms with van der Waals surface area (Å²) >= 11 is 0. The van der Waals surface area contributed by atoms with Crippen molar-refractivity contribution in [2.24, 2.45) is 0 Å². The van der Waals surface area contributed by atoms with Crippen LogP contribution >= 0.6 is 0 Å². The average Bonchev–Trinajstić information content (AvgIpc) is 2.65. The van der Waals surface area contributed by atoms with Gasteiger partial charge in [0.25, 0.3) is 5.91 Å². The molecule has 0 atom stereocenters. The number of carbonyl (C=O) groups excluding carboxylic acids is 1. The summed E-state index contributed by atoms with van der Waals surface area (Å²) in [6.07, 6.45) is 2.59. The van der Waals surface area contributed by atoms with Crippen LogP contribution in [0, 0.1) is 0 Å². The lowest BCUT2D eigenvalue weighted by Gasteiger charge is -2.30. The highest BCUT2D eigenvalue weighted by atomic mass is 32.2. The molecule has 0 bridgehead atoms. The molecule has 0 saturated heterocycles. The third-order valence-corrected chi connectivity index (χ3v) is 8.17. The van der Waals surface area contributed by atoms with Crippen LogP contribution in [0.4, 0.5) is 5.69 Å². The molecule has 0 aliphatic carbocycles. The van der Waals surface area contributed by atoms with Crippen LogP contribution < -0.4 is 4.90 Å². The molecule has 1 aliphatic rings. The van der Waals surface area contributed by atoms with Crippen molar-refractivity contribution in [1.29, 1.82) is 0 Å². The van der Waals surface area contributed by atoms with Gasteiger partial charge in [0, 0.05) is 24.1 Å². The van der Waals surface area contributed by atoms with Gasteiger partial charge in [0.2, 0.25) is 0 Å². The lowest BCUT2D eigenvalue weighted by atomic mass is 10.0. The summed E-state index contributed by atoms with van der Waals surface area (Å²) in [5.41, 5.74) is 1.91. The summed E-state index contributed by atoms with van der Waals surface area (Å²) in [7, 11) is -6.71. The van der Waals surface area contributed by atoms with E-state index in [0.29, 0.717) is 24.2 Å². The van der Waals surface area contributed by atoms with Crippen LogP contribution in [0.2, 0.25) is 0 Å². The highest BCUT2D eigenvalue weighted by Gasteiger charge is 2.26. The number of fused-ring (bicyclic) bond motifs is 1. The Kier molecular flexibility index (Phi) is 5.38. The number of sulfone groups is 2. The number of rotatable bonds is 4. The molecule has 8 heteroatoms. The van der Waals surface area contributed by atoms with E-state index in [1.54, 1.807) is 30.9 Å². The van der Waals surface area contributed by atoms with Crippen molar-refractivity contribution >= 4 is 31.3 Å². The predicted molar refractivity (Wildman–Crippen MR) is 108 cm³/mol. The topological polar surface area (TPSA) is 88.6 Å². The van der Waals surface area contributed by atoms with Crippen molar-refractivity contribution in [2.45, 2.75) is 41.7 Å². The Morgan fingerprint density at radius 1 is 0.964 bits per heavy atom. The molecule has 0 N–H and O–H groups in total. The molecule has 0 fully saturated rings. The lowest BCUT2D eigenvalue weighted by Crippen LogP contribution is -2.35.